The van der Waals surface area contributed by atoms with Crippen molar-refractivity contribution in [2.75, 3.05) is 18.0 Å². The number of halogens is 8. The van der Waals surface area contributed by atoms with Gasteiger partial charge in [-0.25, -0.2) is 30.5 Å². The number of hydrogen-bond acceptors (Lipinski definition) is 21. The lowest BCUT2D eigenvalue weighted by Crippen LogP contribution is -2.30. The molecule has 29 nitrogen and oxygen atoms in total. The molecule has 10 aromatic carbocycles. The number of anilines is 1. The van der Waals surface area contributed by atoms with E-state index in [0.29, 0.717) is 104 Å². The van der Waals surface area contributed by atoms with Crippen LogP contribution in [-0.2, 0) is 109 Å². The van der Waals surface area contributed by atoms with Crippen molar-refractivity contribution < 1.29 is 59.4 Å². The van der Waals surface area contributed by atoms with E-state index in [1.54, 1.807) is 67.9 Å². The SMILES string of the molecule is Cc1cc(=O)[nH]o1.Cc1cc(=O)n(Cc2ccccc2)o1.Cc1on(Cc2ccccc2)c(=O)c1Br.O=C1C(Br)=CCN1Cc1ccccc1.O=C1C(Br)=CS(=O)(=O)N1Cc1ccccc1.O=C1C(Br)=CS(=O)N1Cc1ccccc1.O=C1C=C(Br)C(=O)N1c1ccc(F)cc1.O=C1CCCN1Cc1ccccc1.O=c1c(Br)csn1Cc1ccccc1.O=c1c(Br)csn1Cc1ccccc1.O=c1ccsn1Cc1ccccc1. The number of rotatable bonds is 19. The number of carbonyl (C=O) groups is 6. The van der Waals surface area contributed by atoms with Gasteiger partial charge in [0.15, 0.2) is 0 Å². The molecular weight excluding hydrogens is 2480 g/mol. The van der Waals surface area contributed by atoms with Crippen molar-refractivity contribution in [1.82, 2.24) is 44.9 Å². The highest BCUT2D eigenvalue weighted by Crippen LogP contribution is 2.29. The Bertz CT molecular complexity index is 7720. The van der Waals surface area contributed by atoms with E-state index in [9.17, 15) is 74.6 Å². The van der Waals surface area contributed by atoms with E-state index in [-0.39, 0.29) is 60.7 Å². The third kappa shape index (κ3) is 36.9. The molecule has 11 heterocycles. The quantitative estimate of drug-likeness (QED) is 0.0735. The van der Waals surface area contributed by atoms with Crippen molar-refractivity contribution in [2.24, 2.45) is 0 Å². The zero-order chi connectivity index (χ0) is 108. The number of sulfonamides is 1. The number of aromatic nitrogens is 6. The number of benzene rings is 10. The molecule has 1 unspecified atom stereocenters. The summed E-state index contributed by atoms with van der Waals surface area (Å²) in [5.41, 5.74) is 9.78. The maximum Gasteiger partial charge on any atom is 0.297 e. The lowest BCUT2D eigenvalue weighted by molar-refractivity contribution is -0.128. The second kappa shape index (κ2) is 59.5. The summed E-state index contributed by atoms with van der Waals surface area (Å²) >= 11 is 26.1. The summed E-state index contributed by atoms with van der Waals surface area (Å²) in [6, 6.07) is 97.6. The molecule has 0 radical (unpaired) electrons. The van der Waals surface area contributed by atoms with Crippen LogP contribution in [0.25, 0.3) is 0 Å². The molecule has 5 aliphatic heterocycles. The van der Waals surface area contributed by atoms with Crippen molar-refractivity contribution in [2.45, 2.75) is 92.5 Å². The topological polar surface area (TPSA) is 352 Å². The predicted octanol–water partition coefficient (Wildman–Crippen LogP) is 21.7. The first-order valence-corrected chi connectivity index (χ1v) is 56.1. The van der Waals surface area contributed by atoms with Gasteiger partial charge >= 0.3 is 0 Å². The molecule has 1 atom stereocenters. The van der Waals surface area contributed by atoms with Gasteiger partial charge in [-0.3, -0.25) is 69.4 Å². The van der Waals surface area contributed by atoms with Gasteiger partial charge in [0.1, 0.15) is 38.6 Å². The number of amides is 6. The zero-order valence-electron chi connectivity index (χ0n) is 80.1. The summed E-state index contributed by atoms with van der Waals surface area (Å²) in [5.74, 6) is 0.209. The molecule has 6 amide bonds. The number of carbonyl (C=O) groups excluding carboxylic acids is 6. The molecule has 0 saturated carbocycles. The summed E-state index contributed by atoms with van der Waals surface area (Å²) in [7, 11) is -4.96. The van der Waals surface area contributed by atoms with Crippen LogP contribution in [-0.4, -0.2) is 106 Å². The number of hydrogen-bond donors (Lipinski definition) is 1. The molecule has 1 saturated heterocycles. The van der Waals surface area contributed by atoms with Gasteiger partial charge in [-0.1, -0.05) is 308 Å². The van der Waals surface area contributed by atoms with E-state index in [0.717, 1.165) is 85.1 Å². The fraction of sp³-hybridized carbons (Fsp3) is 0.148. The molecule has 42 heteroatoms. The van der Waals surface area contributed by atoms with Gasteiger partial charge in [-0.05, 0) is 219 Å². The highest BCUT2D eigenvalue weighted by Gasteiger charge is 2.36. The van der Waals surface area contributed by atoms with Gasteiger partial charge in [-0.2, -0.15) is 14.6 Å². The molecule has 5 aliphatic rings. The minimum absolute atomic E-state index is 0.0406. The van der Waals surface area contributed by atoms with E-state index < -0.39 is 44.5 Å². The predicted molar refractivity (Wildman–Crippen MR) is 607 cm³/mol. The largest absolute Gasteiger partial charge is 0.384 e. The first kappa shape index (κ1) is 117. The molecule has 6 aromatic heterocycles. The Kier molecular flexibility index (Phi) is 46.5. The van der Waals surface area contributed by atoms with Crippen LogP contribution >= 0.6 is 146 Å². The molecular formula is C108H95Br7FN11O18S5. The zero-order valence-corrected chi connectivity index (χ0v) is 95.3. The van der Waals surface area contributed by atoms with Gasteiger partial charge < -0.3 is 23.4 Å². The summed E-state index contributed by atoms with van der Waals surface area (Å²) in [6.45, 7) is 11.7. The smallest absolute Gasteiger partial charge is 0.297 e. The van der Waals surface area contributed by atoms with Crippen LogP contribution in [0.4, 0.5) is 10.1 Å². The fourth-order valence-electron chi connectivity index (χ4n) is 13.7. The lowest BCUT2D eigenvalue weighted by atomic mass is 10.2. The third-order valence-corrected chi connectivity index (χ3v) is 31.9. The Hall–Kier alpha value is -13.1. The fourth-order valence-corrected chi connectivity index (χ4v) is 22.0. The second-order valence-electron chi connectivity index (χ2n) is 32.3. The average Bonchev–Trinajstić information content (AvgIpc) is 1.63. The number of likely N-dealkylation sites (tertiary alicyclic amines) is 1. The number of H-pyrrole nitrogens is 1. The van der Waals surface area contributed by atoms with Crippen molar-refractivity contribution >= 4 is 208 Å². The van der Waals surface area contributed by atoms with Crippen LogP contribution in [0, 0.1) is 26.6 Å². The van der Waals surface area contributed by atoms with E-state index in [1.807, 2.05) is 264 Å². The van der Waals surface area contributed by atoms with Gasteiger partial charge in [0, 0.05) is 78.4 Å². The van der Waals surface area contributed by atoms with E-state index in [4.69, 9.17) is 9.05 Å². The normalized spacial score (nSPS) is 13.8. The first-order chi connectivity index (χ1) is 72.0. The van der Waals surface area contributed by atoms with Gasteiger partial charge in [0.25, 0.3) is 72.9 Å². The number of nitrogens with one attached hydrogen (secondary N) is 1. The molecule has 1 fully saturated rings. The molecule has 21 rings (SSSR count). The Labute approximate surface area is 935 Å². The average molecular weight is 2570 g/mol. The van der Waals surface area contributed by atoms with Crippen LogP contribution in [0.2, 0.25) is 0 Å². The van der Waals surface area contributed by atoms with Crippen LogP contribution in [0.3, 0.4) is 0 Å². The first-order valence-electron chi connectivity index (χ1n) is 45.4. The highest BCUT2D eigenvalue weighted by atomic mass is 79.9. The van der Waals surface area contributed by atoms with Gasteiger partial charge in [-0.15, -0.1) is 0 Å². The summed E-state index contributed by atoms with van der Waals surface area (Å²) in [4.78, 5) is 141. The van der Waals surface area contributed by atoms with Crippen LogP contribution in [0.5, 0.6) is 0 Å². The molecule has 0 spiro atoms. The van der Waals surface area contributed by atoms with Crippen LogP contribution < -0.4 is 38.3 Å². The Morgan fingerprint density at radius 1 is 0.400 bits per heavy atom. The van der Waals surface area contributed by atoms with E-state index in [1.165, 1.54) is 102 Å². The highest BCUT2D eigenvalue weighted by molar-refractivity contribution is 9.12. The number of aromatic amines is 1. The van der Waals surface area contributed by atoms with Gasteiger partial charge in [0.05, 0.1) is 83.8 Å². The van der Waals surface area contributed by atoms with Crippen molar-refractivity contribution in [3.05, 3.63) is 521 Å². The lowest BCUT2D eigenvalue weighted by Gasteiger charge is -2.15. The maximum absolute atomic E-state index is 12.6. The maximum atomic E-state index is 12.6. The number of nitrogens with zero attached hydrogens (tertiary/aromatic N) is 10. The monoisotopic (exact) mass is 2560 g/mol. The van der Waals surface area contributed by atoms with Crippen molar-refractivity contribution in [3.63, 3.8) is 0 Å². The van der Waals surface area contributed by atoms with Crippen LogP contribution in [0.15, 0.2) is 428 Å². The minimum Gasteiger partial charge on any atom is -0.384 e. The van der Waals surface area contributed by atoms with Gasteiger partial charge in [0.2, 0.25) is 5.91 Å². The second-order valence-corrected chi connectivity index (χ2v) is 43.9. The molecule has 0 aliphatic carbocycles. The minimum atomic E-state index is -3.61. The standard InChI is InChI=1S/C11H10BrNO2.C11H10BrNO.C11H11NO2.C11H13NO.C10H5BrFNO2.C10H8BrNO3S.C10H8BrNO2S.2C10H8BrNOS.C10H9NOS.C4H5NO2/c1-8-10(12)11(14)13(15-8)7-9-5-3-2-4-6-9;12-10-6-7-13(11(10)14)8-9-4-2-1-3-5-9;1-9-7-11(13)12(14-9)8-10-5-3-2-4-6-10;13-11-7-4-8-12(11)9-10-5-2-1-3-6-10;11-8-5-9(14)13(10(8)15)7-3-1-6(12)2-4-7;11-9-7-16(14,15)12(10(9)13)6-8-4-2-1-3-5-8;11-9-7-15(14)12(10(9)13)6-8-4-2-1-3-5-8;2*11-9-7-14-12(10(9)13)6-8-4-2-1-3-5-8;12-10-6-7-13-11(10)8-9-4-2-1-3-5-9;1-3-2-4(6)5-7-3/h2-6H,7H2,1H3;1-6H,7-8H2;2-7H,8H2,1H3;1-3,5-6H,4,7-9H2;1-5H;1-5,7H,6H2;1-5,7H,6H2;2*1-5,7H,6H2;1-7H,8H2;2H,1H3,(H,5,6). The summed E-state index contributed by atoms with van der Waals surface area (Å²) in [5, 5.41) is 9.91. The molecule has 16 aromatic rings. The molecule has 1 N–H and O–H groups in total. The van der Waals surface area contributed by atoms with Crippen molar-refractivity contribution in [3.8, 4) is 0 Å². The molecule has 150 heavy (non-hydrogen) atoms. The van der Waals surface area contributed by atoms with E-state index in [2.05, 4.69) is 133 Å². The number of imide groups is 1. The third-order valence-electron chi connectivity index (χ3n) is 21.1. The Balaban J connectivity index is 0.000000157. The molecule has 0 bridgehead atoms. The molecule has 776 valence electrons. The Morgan fingerprint density at radius 3 is 1.14 bits per heavy atom. The number of aryl methyl sites for hydroxylation is 3. The summed E-state index contributed by atoms with van der Waals surface area (Å²) in [6.07, 6.45) is 4.83. The van der Waals surface area contributed by atoms with E-state index >= 15 is 0 Å². The van der Waals surface area contributed by atoms with Crippen LogP contribution in [0.1, 0.15) is 80.2 Å². The van der Waals surface area contributed by atoms with Crippen molar-refractivity contribution in [1.29, 1.82) is 0 Å². The summed E-state index contributed by atoms with van der Waals surface area (Å²) < 4.78 is 75.5. The Morgan fingerprint density at radius 2 is 0.820 bits per heavy atom.